The number of carboxylic acids is 2. The lowest BCUT2D eigenvalue weighted by molar-refractivity contribution is -0.154. The van der Waals surface area contributed by atoms with Gasteiger partial charge in [-0.15, -0.1) is 0 Å². The van der Waals surface area contributed by atoms with Crippen LogP contribution in [0.25, 0.3) is 0 Å². The van der Waals surface area contributed by atoms with Gasteiger partial charge in [-0.05, 0) is 5.56 Å². The molecule has 1 amide bonds. The van der Waals surface area contributed by atoms with Gasteiger partial charge in [-0.1, -0.05) is 46.3 Å². The number of benzene rings is 1. The Morgan fingerprint density at radius 1 is 1.15 bits per heavy atom. The molecule has 1 atom stereocenters. The van der Waals surface area contributed by atoms with Gasteiger partial charge in [0.15, 0.2) is 0 Å². The Kier molecular flexibility index (Phi) is 6.17. The lowest BCUT2D eigenvalue weighted by Crippen LogP contribution is -2.46. The molecule has 0 aliphatic heterocycles. The lowest BCUT2D eigenvalue weighted by Gasteiger charge is -2.27. The second-order valence-corrected chi connectivity index (χ2v) is 4.65. The first-order valence-electron chi connectivity index (χ1n) is 5.79. The minimum absolute atomic E-state index is 0.0511. The molecule has 0 radical (unpaired) electrons. The largest absolute Gasteiger partial charge is 0.481 e. The molecule has 0 spiro atoms. The Balaban J connectivity index is 3.00. The number of amides is 1. The second kappa shape index (κ2) is 7.64. The van der Waals surface area contributed by atoms with Crippen molar-refractivity contribution in [2.45, 2.75) is 19.0 Å². The summed E-state index contributed by atoms with van der Waals surface area (Å²) in [6.07, 6.45) is -0.638. The van der Waals surface area contributed by atoms with Gasteiger partial charge in [0.2, 0.25) is 5.91 Å². The highest BCUT2D eigenvalue weighted by Gasteiger charge is 2.31. The van der Waals surface area contributed by atoms with Crippen LogP contribution in [0.3, 0.4) is 0 Å². The van der Waals surface area contributed by atoms with Crippen molar-refractivity contribution in [2.24, 2.45) is 0 Å². The molecule has 0 fully saturated rings. The monoisotopic (exact) mass is 343 g/mol. The number of nitrogens with zero attached hydrogens (tertiary/aromatic N) is 1. The normalized spacial score (nSPS) is 11.7. The molecule has 0 saturated carbocycles. The fraction of sp³-hybridized carbons (Fsp3) is 0.308. The maximum Gasteiger partial charge on any atom is 0.327 e. The number of carbonyl (C=O) groups excluding carboxylic acids is 1. The molecular formula is C13H14BrNO5. The van der Waals surface area contributed by atoms with Crippen molar-refractivity contribution in [3.05, 3.63) is 35.9 Å². The third kappa shape index (κ3) is 4.65. The number of aliphatic carboxylic acids is 2. The molecule has 0 unspecified atom stereocenters. The third-order valence-corrected chi connectivity index (χ3v) is 3.14. The maximum absolute atomic E-state index is 11.9. The number of carbonyl (C=O) groups is 3. The van der Waals surface area contributed by atoms with Gasteiger partial charge in [0.1, 0.15) is 6.04 Å². The van der Waals surface area contributed by atoms with E-state index in [1.165, 1.54) is 0 Å². The number of alkyl halides is 1. The van der Waals surface area contributed by atoms with E-state index in [2.05, 4.69) is 15.9 Å². The Labute approximate surface area is 124 Å². The number of carboxylic acid groups (broad SMARTS) is 2. The van der Waals surface area contributed by atoms with Crippen molar-refractivity contribution in [1.82, 2.24) is 4.90 Å². The Hall–Kier alpha value is -1.89. The molecule has 0 aliphatic rings. The quantitative estimate of drug-likeness (QED) is 0.728. The van der Waals surface area contributed by atoms with E-state index in [0.717, 1.165) is 10.5 Å². The van der Waals surface area contributed by atoms with E-state index in [0.29, 0.717) is 0 Å². The lowest BCUT2D eigenvalue weighted by atomic mass is 10.1. The second-order valence-electron chi connectivity index (χ2n) is 4.09. The molecule has 20 heavy (non-hydrogen) atoms. The van der Waals surface area contributed by atoms with Crippen LogP contribution in [-0.4, -0.2) is 44.3 Å². The van der Waals surface area contributed by atoms with Gasteiger partial charge >= 0.3 is 11.9 Å². The van der Waals surface area contributed by atoms with Crippen LogP contribution in [0, 0.1) is 0 Å². The summed E-state index contributed by atoms with van der Waals surface area (Å²) in [7, 11) is 0. The molecule has 6 nitrogen and oxygen atoms in total. The zero-order chi connectivity index (χ0) is 15.1. The van der Waals surface area contributed by atoms with E-state index in [4.69, 9.17) is 10.2 Å². The van der Waals surface area contributed by atoms with Crippen molar-refractivity contribution >= 4 is 33.8 Å². The van der Waals surface area contributed by atoms with Crippen LogP contribution in [0.5, 0.6) is 0 Å². The highest BCUT2D eigenvalue weighted by molar-refractivity contribution is 9.09. The molecule has 7 heteroatoms. The van der Waals surface area contributed by atoms with Gasteiger partial charge in [-0.25, -0.2) is 4.79 Å². The van der Waals surface area contributed by atoms with Crippen LogP contribution < -0.4 is 0 Å². The predicted molar refractivity (Wildman–Crippen MR) is 74.5 cm³/mol. The molecule has 0 aromatic heterocycles. The highest BCUT2D eigenvalue weighted by atomic mass is 79.9. The zero-order valence-corrected chi connectivity index (χ0v) is 12.1. The average Bonchev–Trinajstić information content (AvgIpc) is 2.42. The van der Waals surface area contributed by atoms with Crippen LogP contribution in [-0.2, 0) is 20.9 Å². The third-order valence-electron chi connectivity index (χ3n) is 2.66. The summed E-state index contributed by atoms with van der Waals surface area (Å²) >= 11 is 2.98. The van der Waals surface area contributed by atoms with Crippen LogP contribution in [0.1, 0.15) is 12.0 Å². The minimum atomic E-state index is -1.39. The van der Waals surface area contributed by atoms with Gasteiger partial charge in [0.25, 0.3) is 0 Å². The maximum atomic E-state index is 11.9. The zero-order valence-electron chi connectivity index (χ0n) is 10.5. The molecule has 0 saturated heterocycles. The average molecular weight is 344 g/mol. The Bertz CT molecular complexity index is 491. The first-order chi connectivity index (χ1) is 9.45. The van der Waals surface area contributed by atoms with Gasteiger partial charge in [-0.2, -0.15) is 0 Å². The molecule has 1 aromatic carbocycles. The summed E-state index contributed by atoms with van der Waals surface area (Å²) in [5, 5.41) is 17.9. The van der Waals surface area contributed by atoms with Crippen LogP contribution >= 0.6 is 15.9 Å². The first-order valence-corrected chi connectivity index (χ1v) is 6.91. The number of halogens is 1. The van der Waals surface area contributed by atoms with Gasteiger partial charge in [-0.3, -0.25) is 9.59 Å². The molecule has 2 N–H and O–H groups in total. The van der Waals surface area contributed by atoms with Crippen molar-refractivity contribution in [2.75, 3.05) is 5.33 Å². The topological polar surface area (TPSA) is 94.9 Å². The number of hydrogen-bond donors (Lipinski definition) is 2. The smallest absolute Gasteiger partial charge is 0.327 e. The number of hydrogen-bond acceptors (Lipinski definition) is 3. The van der Waals surface area contributed by atoms with E-state index in [9.17, 15) is 14.4 Å². The molecule has 0 heterocycles. The van der Waals surface area contributed by atoms with E-state index in [1.807, 2.05) is 0 Å². The van der Waals surface area contributed by atoms with E-state index in [1.54, 1.807) is 30.3 Å². The Morgan fingerprint density at radius 2 is 1.75 bits per heavy atom. The summed E-state index contributed by atoms with van der Waals surface area (Å²) < 4.78 is 0. The highest BCUT2D eigenvalue weighted by Crippen LogP contribution is 2.13. The summed E-state index contributed by atoms with van der Waals surface area (Å²) in [4.78, 5) is 34.9. The SMILES string of the molecule is O=C(O)C[C@@H](C(=O)O)N(Cc1ccccc1)C(=O)CBr. The standard InChI is InChI=1S/C13H14BrNO5/c14-7-11(16)15(8-9-4-2-1-3-5-9)10(13(19)20)6-12(17)18/h1-5,10H,6-8H2,(H,17,18)(H,19,20)/t10-/m0/s1. The van der Waals surface area contributed by atoms with Gasteiger partial charge in [0, 0.05) is 6.54 Å². The fourth-order valence-electron chi connectivity index (χ4n) is 1.73. The molecule has 108 valence electrons. The summed E-state index contributed by atoms with van der Waals surface area (Å²) in [5.41, 5.74) is 0.735. The van der Waals surface area contributed by atoms with Crippen molar-refractivity contribution in [3.63, 3.8) is 0 Å². The molecule has 0 aliphatic carbocycles. The van der Waals surface area contributed by atoms with Crippen LogP contribution in [0.15, 0.2) is 30.3 Å². The van der Waals surface area contributed by atoms with Crippen molar-refractivity contribution in [1.29, 1.82) is 0 Å². The van der Waals surface area contributed by atoms with Crippen LogP contribution in [0.4, 0.5) is 0 Å². The van der Waals surface area contributed by atoms with Crippen LogP contribution in [0.2, 0.25) is 0 Å². The van der Waals surface area contributed by atoms with Crippen molar-refractivity contribution in [3.8, 4) is 0 Å². The van der Waals surface area contributed by atoms with Gasteiger partial charge < -0.3 is 15.1 Å². The van der Waals surface area contributed by atoms with E-state index >= 15 is 0 Å². The molecular weight excluding hydrogens is 330 g/mol. The van der Waals surface area contributed by atoms with E-state index < -0.39 is 30.3 Å². The predicted octanol–water partition coefficient (Wildman–Crippen LogP) is 1.34. The Morgan fingerprint density at radius 3 is 2.20 bits per heavy atom. The molecule has 1 rings (SSSR count). The first kappa shape index (κ1) is 16.2. The number of rotatable bonds is 7. The minimum Gasteiger partial charge on any atom is -0.481 e. The van der Waals surface area contributed by atoms with E-state index in [-0.39, 0.29) is 11.9 Å². The van der Waals surface area contributed by atoms with Crippen molar-refractivity contribution < 1.29 is 24.6 Å². The van der Waals surface area contributed by atoms with Gasteiger partial charge in [0.05, 0.1) is 11.8 Å². The fourth-order valence-corrected chi connectivity index (χ4v) is 2.05. The summed E-state index contributed by atoms with van der Waals surface area (Å²) in [5.74, 6) is -3.07. The summed E-state index contributed by atoms with van der Waals surface area (Å²) in [6.45, 7) is 0.0511. The summed E-state index contributed by atoms with van der Waals surface area (Å²) in [6, 6.07) is 7.42. The molecule has 0 bridgehead atoms. The molecule has 1 aromatic rings.